The second kappa shape index (κ2) is 7.70. The molecule has 2 N–H and O–H groups in total. The lowest BCUT2D eigenvalue weighted by Gasteiger charge is -2.11. The molecule has 0 spiro atoms. The zero-order chi connectivity index (χ0) is 18.7. The van der Waals surface area contributed by atoms with Crippen LogP contribution in [-0.2, 0) is 6.54 Å². The number of hydrogen-bond donors (Lipinski definition) is 2. The third-order valence-corrected chi connectivity index (χ3v) is 5.19. The molecule has 0 aliphatic rings. The average Bonchev–Trinajstić information content (AvgIpc) is 2.97. The Kier molecular flexibility index (Phi) is 5.37. The number of ether oxygens (including phenoxy) is 1. The van der Waals surface area contributed by atoms with Gasteiger partial charge in [-0.2, -0.15) is 0 Å². The number of nitrogens with one attached hydrogen (secondary N) is 2. The van der Waals surface area contributed by atoms with Crippen molar-refractivity contribution < 1.29 is 9.53 Å². The monoisotopic (exact) mass is 370 g/mol. The van der Waals surface area contributed by atoms with Crippen LogP contribution in [0.1, 0.15) is 34.6 Å². The van der Waals surface area contributed by atoms with Crippen LogP contribution < -0.4 is 15.4 Å². The van der Waals surface area contributed by atoms with Crippen LogP contribution in [0, 0.1) is 6.92 Å². The first-order valence-corrected chi connectivity index (χ1v) is 9.23. The number of benzene rings is 1. The fraction of sp³-hybridized carbons (Fsp3) is 0.316. The fourth-order valence-electron chi connectivity index (χ4n) is 2.78. The summed E-state index contributed by atoms with van der Waals surface area (Å²) in [6.45, 7) is 6.39. The van der Waals surface area contributed by atoms with E-state index in [1.165, 1.54) is 17.7 Å². The predicted octanol–water partition coefficient (Wildman–Crippen LogP) is 3.76. The Balaban J connectivity index is 1.92. The summed E-state index contributed by atoms with van der Waals surface area (Å²) in [6.07, 6.45) is 1.52. The summed E-state index contributed by atoms with van der Waals surface area (Å²) < 4.78 is 5.39. The van der Waals surface area contributed by atoms with Crippen molar-refractivity contribution in [3.8, 4) is 5.75 Å². The number of methoxy groups -OCH3 is 1. The van der Waals surface area contributed by atoms with Crippen molar-refractivity contribution in [3.63, 3.8) is 0 Å². The Bertz CT molecular complexity index is 936. The van der Waals surface area contributed by atoms with Crippen LogP contribution in [0.15, 0.2) is 30.6 Å². The van der Waals surface area contributed by atoms with Gasteiger partial charge in [0, 0.05) is 18.2 Å². The molecule has 6 nitrogen and oxygen atoms in total. The first kappa shape index (κ1) is 18.1. The van der Waals surface area contributed by atoms with Crippen molar-refractivity contribution in [2.75, 3.05) is 12.4 Å². The number of nitrogens with zero attached hydrogens (tertiary/aromatic N) is 2. The van der Waals surface area contributed by atoms with Gasteiger partial charge in [-0.05, 0) is 32.4 Å². The van der Waals surface area contributed by atoms with E-state index < -0.39 is 0 Å². The minimum Gasteiger partial charge on any atom is -0.496 e. The van der Waals surface area contributed by atoms with Gasteiger partial charge in [-0.3, -0.25) is 4.79 Å². The number of para-hydroxylation sites is 1. The van der Waals surface area contributed by atoms with Gasteiger partial charge in [0.2, 0.25) is 0 Å². The maximum absolute atomic E-state index is 12.4. The molecule has 0 saturated heterocycles. The summed E-state index contributed by atoms with van der Waals surface area (Å²) in [5.74, 6) is 1.47. The number of aryl methyl sites for hydroxylation is 1. The van der Waals surface area contributed by atoms with Crippen LogP contribution >= 0.6 is 11.3 Å². The van der Waals surface area contributed by atoms with Crippen molar-refractivity contribution in [2.24, 2.45) is 0 Å². The van der Waals surface area contributed by atoms with Gasteiger partial charge in [0.15, 0.2) is 0 Å². The third-order valence-electron chi connectivity index (χ3n) is 3.99. The maximum atomic E-state index is 12.4. The molecule has 0 unspecified atom stereocenters. The van der Waals surface area contributed by atoms with Gasteiger partial charge < -0.3 is 15.4 Å². The highest BCUT2D eigenvalue weighted by molar-refractivity contribution is 7.20. The van der Waals surface area contributed by atoms with Crippen LogP contribution in [-0.4, -0.2) is 29.0 Å². The predicted molar refractivity (Wildman–Crippen MR) is 105 cm³/mol. The highest BCUT2D eigenvalue weighted by atomic mass is 32.1. The number of anilines is 1. The SMILES string of the molecule is COc1ccccc1CNc1ncnc2sc(C(=O)NC(C)C)c(C)c12. The molecule has 0 saturated carbocycles. The Morgan fingerprint density at radius 1 is 1.27 bits per heavy atom. The average molecular weight is 370 g/mol. The minimum absolute atomic E-state index is 0.0730. The van der Waals surface area contributed by atoms with E-state index in [0.29, 0.717) is 11.4 Å². The summed E-state index contributed by atoms with van der Waals surface area (Å²) in [6, 6.07) is 7.93. The van der Waals surface area contributed by atoms with E-state index in [2.05, 4.69) is 20.6 Å². The number of thiophene rings is 1. The number of aromatic nitrogens is 2. The normalized spacial score (nSPS) is 11.0. The van der Waals surface area contributed by atoms with Crippen LogP contribution in [0.25, 0.3) is 10.2 Å². The molecule has 0 radical (unpaired) electrons. The van der Waals surface area contributed by atoms with Gasteiger partial charge in [0.25, 0.3) is 5.91 Å². The highest BCUT2D eigenvalue weighted by Gasteiger charge is 2.19. The largest absolute Gasteiger partial charge is 0.496 e. The Hall–Kier alpha value is -2.67. The smallest absolute Gasteiger partial charge is 0.261 e. The summed E-state index contributed by atoms with van der Waals surface area (Å²) in [5, 5.41) is 7.19. The molecule has 2 aromatic heterocycles. The van der Waals surface area contributed by atoms with Gasteiger partial charge in [-0.15, -0.1) is 11.3 Å². The molecule has 26 heavy (non-hydrogen) atoms. The first-order chi connectivity index (χ1) is 12.5. The van der Waals surface area contributed by atoms with Gasteiger partial charge >= 0.3 is 0 Å². The molecular formula is C19H22N4O2S. The van der Waals surface area contributed by atoms with Crippen LogP contribution in [0.3, 0.4) is 0 Å². The van der Waals surface area contributed by atoms with Gasteiger partial charge in [-0.25, -0.2) is 9.97 Å². The third kappa shape index (κ3) is 3.62. The minimum atomic E-state index is -0.0730. The molecule has 0 aliphatic heterocycles. The molecule has 136 valence electrons. The lowest BCUT2D eigenvalue weighted by Crippen LogP contribution is -2.29. The topological polar surface area (TPSA) is 76.1 Å². The number of hydrogen-bond acceptors (Lipinski definition) is 6. The molecule has 0 bridgehead atoms. The second-order valence-electron chi connectivity index (χ2n) is 6.25. The van der Waals surface area contributed by atoms with Crippen LogP contribution in [0.4, 0.5) is 5.82 Å². The number of fused-ring (bicyclic) bond motifs is 1. The van der Waals surface area contributed by atoms with Gasteiger partial charge in [-0.1, -0.05) is 18.2 Å². The van der Waals surface area contributed by atoms with E-state index in [0.717, 1.165) is 32.9 Å². The molecule has 3 rings (SSSR count). The van der Waals surface area contributed by atoms with Gasteiger partial charge in [0.1, 0.15) is 22.7 Å². The standard InChI is InChI=1S/C19H22N4O2S/c1-11(2)23-18(24)16-12(3)15-17(21-10-22-19(15)26-16)20-9-13-7-5-6-8-14(13)25-4/h5-8,10-11H,9H2,1-4H3,(H,23,24)(H,20,21,22). The second-order valence-corrected chi connectivity index (χ2v) is 7.25. The van der Waals surface area contributed by atoms with Crippen molar-refractivity contribution >= 4 is 33.3 Å². The molecule has 1 amide bonds. The molecule has 0 fully saturated rings. The van der Waals surface area contributed by atoms with E-state index in [1.54, 1.807) is 7.11 Å². The van der Waals surface area contributed by atoms with E-state index >= 15 is 0 Å². The van der Waals surface area contributed by atoms with Crippen molar-refractivity contribution in [2.45, 2.75) is 33.4 Å². The summed E-state index contributed by atoms with van der Waals surface area (Å²) >= 11 is 1.39. The first-order valence-electron chi connectivity index (χ1n) is 8.42. The van der Waals surface area contributed by atoms with Crippen molar-refractivity contribution in [3.05, 3.63) is 46.6 Å². The molecule has 7 heteroatoms. The number of amides is 1. The van der Waals surface area contributed by atoms with E-state index in [4.69, 9.17) is 4.74 Å². The molecule has 0 aliphatic carbocycles. The zero-order valence-electron chi connectivity index (χ0n) is 15.3. The lowest BCUT2D eigenvalue weighted by atomic mass is 10.1. The van der Waals surface area contributed by atoms with Crippen molar-refractivity contribution in [1.82, 2.24) is 15.3 Å². The maximum Gasteiger partial charge on any atom is 0.261 e. The zero-order valence-corrected chi connectivity index (χ0v) is 16.1. The molecule has 3 aromatic rings. The van der Waals surface area contributed by atoms with Crippen molar-refractivity contribution in [1.29, 1.82) is 0 Å². The molecular weight excluding hydrogens is 348 g/mol. The highest BCUT2D eigenvalue weighted by Crippen LogP contribution is 2.33. The van der Waals surface area contributed by atoms with E-state index in [9.17, 15) is 4.79 Å². The van der Waals surface area contributed by atoms with Gasteiger partial charge in [0.05, 0.1) is 17.4 Å². The molecule has 0 atom stereocenters. The summed E-state index contributed by atoms with van der Waals surface area (Å²) in [5.41, 5.74) is 1.93. The Labute approximate surface area is 156 Å². The number of rotatable bonds is 6. The Morgan fingerprint density at radius 2 is 2.04 bits per heavy atom. The lowest BCUT2D eigenvalue weighted by molar-refractivity contribution is 0.0947. The quantitative estimate of drug-likeness (QED) is 0.691. The van der Waals surface area contributed by atoms with Crippen LogP contribution in [0.2, 0.25) is 0 Å². The fourth-order valence-corrected chi connectivity index (χ4v) is 3.83. The number of carbonyl (C=O) groups is 1. The number of carbonyl (C=O) groups excluding carboxylic acids is 1. The summed E-state index contributed by atoms with van der Waals surface area (Å²) in [4.78, 5) is 22.6. The molecule has 2 heterocycles. The summed E-state index contributed by atoms with van der Waals surface area (Å²) in [7, 11) is 1.66. The molecule has 1 aromatic carbocycles. The van der Waals surface area contributed by atoms with Crippen LogP contribution in [0.5, 0.6) is 5.75 Å². The Morgan fingerprint density at radius 3 is 2.77 bits per heavy atom. The van der Waals surface area contributed by atoms with E-state index in [-0.39, 0.29) is 11.9 Å². The van der Waals surface area contributed by atoms with E-state index in [1.807, 2.05) is 45.0 Å².